The van der Waals surface area contributed by atoms with Gasteiger partial charge in [0.2, 0.25) is 0 Å². The topological polar surface area (TPSA) is 49.8 Å². The first-order valence-electron chi connectivity index (χ1n) is 6.61. The van der Waals surface area contributed by atoms with Crippen molar-refractivity contribution in [3.63, 3.8) is 0 Å². The van der Waals surface area contributed by atoms with Crippen molar-refractivity contribution in [3.05, 3.63) is 54.0 Å². The molecule has 0 bridgehead atoms. The fraction of sp³-hybridized carbons (Fsp3) is 0.333. The quantitative estimate of drug-likeness (QED) is 0.747. The third-order valence-corrected chi connectivity index (χ3v) is 2.80. The third-order valence-electron chi connectivity index (χ3n) is 2.80. The lowest BCUT2D eigenvalue weighted by atomic mass is 10.3. The van der Waals surface area contributed by atoms with Gasteiger partial charge in [0.1, 0.15) is 5.82 Å². The molecule has 4 heteroatoms. The Morgan fingerprint density at radius 1 is 1.11 bits per heavy atom. The lowest BCUT2D eigenvalue weighted by molar-refractivity contribution is 0.661. The van der Waals surface area contributed by atoms with E-state index < -0.39 is 0 Å². The summed E-state index contributed by atoms with van der Waals surface area (Å²) in [4.78, 5) is 8.39. The van der Waals surface area contributed by atoms with Crippen molar-refractivity contribution in [2.24, 2.45) is 0 Å². The summed E-state index contributed by atoms with van der Waals surface area (Å²) in [7, 11) is 0. The number of aromatic nitrogens is 2. The van der Waals surface area contributed by atoms with Crippen LogP contribution in [-0.2, 0) is 6.54 Å². The fourth-order valence-corrected chi connectivity index (χ4v) is 1.74. The van der Waals surface area contributed by atoms with Crippen LogP contribution in [-0.4, -0.2) is 23.1 Å². The average molecular weight is 256 g/mol. The highest BCUT2D eigenvalue weighted by Gasteiger charge is 1.94. The van der Waals surface area contributed by atoms with Gasteiger partial charge in [-0.2, -0.15) is 0 Å². The summed E-state index contributed by atoms with van der Waals surface area (Å²) in [5, 5.41) is 6.70. The zero-order valence-electron chi connectivity index (χ0n) is 11.3. The van der Waals surface area contributed by atoms with E-state index in [0.29, 0.717) is 0 Å². The maximum Gasteiger partial charge on any atom is 0.125 e. The Kier molecular flexibility index (Phi) is 5.31. The van der Waals surface area contributed by atoms with Gasteiger partial charge in [-0.25, -0.2) is 4.98 Å². The smallest absolute Gasteiger partial charge is 0.125 e. The second kappa shape index (κ2) is 7.48. The molecule has 100 valence electrons. The lowest BCUT2D eigenvalue weighted by Crippen LogP contribution is -2.17. The number of nitrogens with zero attached hydrogens (tertiary/aromatic N) is 2. The Morgan fingerprint density at radius 3 is 2.79 bits per heavy atom. The minimum absolute atomic E-state index is 0.872. The molecule has 19 heavy (non-hydrogen) atoms. The largest absolute Gasteiger partial charge is 0.370 e. The monoisotopic (exact) mass is 256 g/mol. The molecule has 2 rings (SSSR count). The molecule has 0 aliphatic heterocycles. The summed E-state index contributed by atoms with van der Waals surface area (Å²) in [6.45, 7) is 4.82. The molecule has 0 aliphatic rings. The van der Waals surface area contributed by atoms with Gasteiger partial charge in [-0.05, 0) is 43.1 Å². The van der Waals surface area contributed by atoms with E-state index in [1.54, 1.807) is 6.20 Å². The van der Waals surface area contributed by atoms with E-state index in [1.807, 2.05) is 31.5 Å². The summed E-state index contributed by atoms with van der Waals surface area (Å²) >= 11 is 0. The van der Waals surface area contributed by atoms with Crippen LogP contribution in [0.5, 0.6) is 0 Å². The lowest BCUT2D eigenvalue weighted by Gasteiger charge is -2.07. The van der Waals surface area contributed by atoms with Crippen LogP contribution in [0, 0.1) is 6.92 Å². The zero-order chi connectivity index (χ0) is 13.3. The molecule has 2 heterocycles. The molecule has 0 saturated heterocycles. The normalized spacial score (nSPS) is 10.4. The van der Waals surface area contributed by atoms with Crippen molar-refractivity contribution in [2.75, 3.05) is 18.4 Å². The van der Waals surface area contributed by atoms with Crippen LogP contribution in [0.2, 0.25) is 0 Å². The Bertz CT molecular complexity index is 467. The van der Waals surface area contributed by atoms with Gasteiger partial charge < -0.3 is 10.6 Å². The SMILES string of the molecule is Cc1ccc(NCCCNCc2cccnc2)nc1. The minimum atomic E-state index is 0.872. The van der Waals surface area contributed by atoms with E-state index in [4.69, 9.17) is 0 Å². The first-order chi connectivity index (χ1) is 9.34. The van der Waals surface area contributed by atoms with E-state index in [-0.39, 0.29) is 0 Å². The Morgan fingerprint density at radius 2 is 2.05 bits per heavy atom. The summed E-state index contributed by atoms with van der Waals surface area (Å²) < 4.78 is 0. The summed E-state index contributed by atoms with van der Waals surface area (Å²) in [5.74, 6) is 0.942. The molecule has 2 N–H and O–H groups in total. The first kappa shape index (κ1) is 13.5. The number of rotatable bonds is 7. The van der Waals surface area contributed by atoms with Crippen LogP contribution < -0.4 is 10.6 Å². The molecule has 2 aromatic heterocycles. The highest BCUT2D eigenvalue weighted by atomic mass is 15.0. The van der Waals surface area contributed by atoms with E-state index in [2.05, 4.69) is 32.7 Å². The predicted molar refractivity (Wildman–Crippen MR) is 78.0 cm³/mol. The van der Waals surface area contributed by atoms with Crippen LogP contribution in [0.1, 0.15) is 17.5 Å². The molecule has 0 atom stereocenters. The van der Waals surface area contributed by atoms with E-state index in [9.17, 15) is 0 Å². The van der Waals surface area contributed by atoms with Crippen LogP contribution in [0.3, 0.4) is 0 Å². The van der Waals surface area contributed by atoms with Gasteiger partial charge in [-0.15, -0.1) is 0 Å². The summed E-state index contributed by atoms with van der Waals surface area (Å²) in [5.41, 5.74) is 2.40. The molecule has 0 aromatic carbocycles. The van der Waals surface area contributed by atoms with Gasteiger partial charge in [0, 0.05) is 31.7 Å². The number of hydrogen-bond acceptors (Lipinski definition) is 4. The number of nitrogens with one attached hydrogen (secondary N) is 2. The van der Waals surface area contributed by atoms with Crippen LogP contribution >= 0.6 is 0 Å². The summed E-state index contributed by atoms with van der Waals surface area (Å²) in [6, 6.07) is 8.12. The van der Waals surface area contributed by atoms with Crippen molar-refractivity contribution in [3.8, 4) is 0 Å². The maximum absolute atomic E-state index is 4.30. The van der Waals surface area contributed by atoms with E-state index in [0.717, 1.165) is 31.9 Å². The fourth-order valence-electron chi connectivity index (χ4n) is 1.74. The number of anilines is 1. The Labute approximate surface area is 114 Å². The Hall–Kier alpha value is -1.94. The third kappa shape index (κ3) is 5.06. The molecule has 2 aromatic rings. The number of hydrogen-bond donors (Lipinski definition) is 2. The number of pyridine rings is 2. The predicted octanol–water partition coefficient (Wildman–Crippen LogP) is 2.38. The molecule has 0 radical (unpaired) electrons. The van der Waals surface area contributed by atoms with Gasteiger partial charge in [0.15, 0.2) is 0 Å². The molecule has 0 aliphatic carbocycles. The molecule has 0 amide bonds. The van der Waals surface area contributed by atoms with Crippen molar-refractivity contribution < 1.29 is 0 Å². The molecular weight excluding hydrogens is 236 g/mol. The minimum Gasteiger partial charge on any atom is -0.370 e. The standard InChI is InChI=1S/C15H20N4/c1-13-5-6-15(19-10-13)18-9-3-8-17-12-14-4-2-7-16-11-14/h2,4-7,10-11,17H,3,8-9,12H2,1H3,(H,18,19). The molecule has 4 nitrogen and oxygen atoms in total. The first-order valence-corrected chi connectivity index (χ1v) is 6.61. The van der Waals surface area contributed by atoms with Crippen molar-refractivity contribution in [2.45, 2.75) is 19.9 Å². The van der Waals surface area contributed by atoms with Gasteiger partial charge in [-0.1, -0.05) is 12.1 Å². The van der Waals surface area contributed by atoms with Crippen molar-refractivity contribution in [1.82, 2.24) is 15.3 Å². The maximum atomic E-state index is 4.30. The Balaban J connectivity index is 1.56. The van der Waals surface area contributed by atoms with Crippen LogP contribution in [0.15, 0.2) is 42.9 Å². The number of aryl methyl sites for hydroxylation is 1. The average Bonchev–Trinajstić information content (AvgIpc) is 2.46. The summed E-state index contributed by atoms with van der Waals surface area (Å²) in [6.07, 6.45) is 6.63. The molecule has 0 saturated carbocycles. The second-order valence-electron chi connectivity index (χ2n) is 4.54. The van der Waals surface area contributed by atoms with Gasteiger partial charge in [-0.3, -0.25) is 4.98 Å². The zero-order valence-corrected chi connectivity index (χ0v) is 11.3. The van der Waals surface area contributed by atoms with Crippen LogP contribution in [0.4, 0.5) is 5.82 Å². The van der Waals surface area contributed by atoms with Crippen molar-refractivity contribution in [1.29, 1.82) is 0 Å². The van der Waals surface area contributed by atoms with Gasteiger partial charge >= 0.3 is 0 Å². The van der Waals surface area contributed by atoms with E-state index in [1.165, 1.54) is 11.1 Å². The van der Waals surface area contributed by atoms with Crippen LogP contribution in [0.25, 0.3) is 0 Å². The molecule has 0 spiro atoms. The van der Waals surface area contributed by atoms with Gasteiger partial charge in [0.05, 0.1) is 0 Å². The highest BCUT2D eigenvalue weighted by Crippen LogP contribution is 2.03. The molecule has 0 fully saturated rings. The van der Waals surface area contributed by atoms with E-state index >= 15 is 0 Å². The molecular formula is C15H20N4. The second-order valence-corrected chi connectivity index (χ2v) is 4.54. The highest BCUT2D eigenvalue weighted by molar-refractivity contribution is 5.34. The van der Waals surface area contributed by atoms with Crippen molar-refractivity contribution >= 4 is 5.82 Å². The molecule has 0 unspecified atom stereocenters. The van der Waals surface area contributed by atoms with Gasteiger partial charge in [0.25, 0.3) is 0 Å².